The van der Waals surface area contributed by atoms with Crippen LogP contribution in [0.2, 0.25) is 5.15 Å². The number of hydrogen-bond donors (Lipinski definition) is 1. The number of rotatable bonds is 6. The Kier molecular flexibility index (Phi) is 4.95. The SMILES string of the molecule is CCc1ccc(C(=O)OCCNc2cncc(Cl)n2)o1. The molecule has 0 aromatic carbocycles. The van der Waals surface area contributed by atoms with Crippen LogP contribution in [0.15, 0.2) is 28.9 Å². The fourth-order valence-electron chi connectivity index (χ4n) is 1.50. The lowest BCUT2D eigenvalue weighted by atomic mass is 10.3. The molecule has 1 N–H and O–H groups in total. The minimum Gasteiger partial charge on any atom is -0.458 e. The number of aryl methyl sites for hydroxylation is 1. The van der Waals surface area contributed by atoms with Gasteiger partial charge in [-0.2, -0.15) is 0 Å². The molecule has 0 unspecified atom stereocenters. The van der Waals surface area contributed by atoms with Gasteiger partial charge in [0.2, 0.25) is 5.76 Å². The van der Waals surface area contributed by atoms with Crippen LogP contribution in [0.25, 0.3) is 0 Å². The first-order chi connectivity index (χ1) is 9.69. The summed E-state index contributed by atoms with van der Waals surface area (Å²) in [7, 11) is 0. The Morgan fingerprint density at radius 2 is 2.30 bits per heavy atom. The number of ether oxygens (including phenoxy) is 1. The van der Waals surface area contributed by atoms with Crippen molar-refractivity contribution in [2.75, 3.05) is 18.5 Å². The van der Waals surface area contributed by atoms with Crippen molar-refractivity contribution in [2.45, 2.75) is 13.3 Å². The lowest BCUT2D eigenvalue weighted by molar-refractivity contribution is 0.0482. The maximum Gasteiger partial charge on any atom is 0.374 e. The Morgan fingerprint density at radius 3 is 3.00 bits per heavy atom. The number of halogens is 1. The number of carbonyl (C=O) groups excluding carboxylic acids is 1. The third-order valence-corrected chi connectivity index (χ3v) is 2.64. The fraction of sp³-hybridized carbons (Fsp3) is 0.308. The van der Waals surface area contributed by atoms with Gasteiger partial charge in [0, 0.05) is 6.42 Å². The van der Waals surface area contributed by atoms with E-state index in [-0.39, 0.29) is 12.4 Å². The van der Waals surface area contributed by atoms with E-state index in [1.54, 1.807) is 12.1 Å². The van der Waals surface area contributed by atoms with Crippen LogP contribution in [-0.2, 0) is 11.2 Å². The molecule has 0 atom stereocenters. The first-order valence-electron chi connectivity index (χ1n) is 6.16. The van der Waals surface area contributed by atoms with Gasteiger partial charge < -0.3 is 14.5 Å². The summed E-state index contributed by atoms with van der Waals surface area (Å²) in [5.41, 5.74) is 0. The van der Waals surface area contributed by atoms with Crippen LogP contribution in [-0.4, -0.2) is 29.1 Å². The Labute approximate surface area is 121 Å². The van der Waals surface area contributed by atoms with Crippen LogP contribution in [0.5, 0.6) is 0 Å². The molecule has 2 aromatic heterocycles. The molecule has 0 radical (unpaired) electrons. The summed E-state index contributed by atoms with van der Waals surface area (Å²) in [5.74, 6) is 1.01. The van der Waals surface area contributed by atoms with Gasteiger partial charge in [-0.05, 0) is 12.1 Å². The van der Waals surface area contributed by atoms with Crippen molar-refractivity contribution in [2.24, 2.45) is 0 Å². The topological polar surface area (TPSA) is 77.2 Å². The van der Waals surface area contributed by atoms with Gasteiger partial charge in [0.15, 0.2) is 0 Å². The van der Waals surface area contributed by atoms with Crippen molar-refractivity contribution in [3.8, 4) is 0 Å². The lowest BCUT2D eigenvalue weighted by Crippen LogP contribution is -2.14. The average Bonchev–Trinajstić information content (AvgIpc) is 2.92. The molecule has 0 bridgehead atoms. The van der Waals surface area contributed by atoms with Crippen LogP contribution in [0.1, 0.15) is 23.2 Å². The summed E-state index contributed by atoms with van der Waals surface area (Å²) in [6.45, 7) is 2.54. The molecule has 20 heavy (non-hydrogen) atoms. The number of esters is 1. The van der Waals surface area contributed by atoms with E-state index in [4.69, 9.17) is 20.8 Å². The lowest BCUT2D eigenvalue weighted by Gasteiger charge is -2.05. The van der Waals surface area contributed by atoms with Gasteiger partial charge in [-0.1, -0.05) is 18.5 Å². The Hall–Kier alpha value is -2.08. The largest absolute Gasteiger partial charge is 0.458 e. The van der Waals surface area contributed by atoms with E-state index in [9.17, 15) is 4.79 Å². The molecular weight excluding hydrogens is 282 g/mol. The van der Waals surface area contributed by atoms with Crippen LogP contribution in [0.3, 0.4) is 0 Å². The number of furan rings is 1. The maximum absolute atomic E-state index is 11.6. The maximum atomic E-state index is 11.6. The second-order valence-corrected chi connectivity index (χ2v) is 4.30. The molecule has 0 aliphatic carbocycles. The zero-order valence-corrected chi connectivity index (χ0v) is 11.7. The Morgan fingerprint density at radius 1 is 1.45 bits per heavy atom. The zero-order chi connectivity index (χ0) is 14.4. The van der Waals surface area contributed by atoms with E-state index in [1.807, 2.05) is 6.92 Å². The van der Waals surface area contributed by atoms with Crippen LogP contribution in [0, 0.1) is 0 Å². The molecule has 0 saturated heterocycles. The highest BCUT2D eigenvalue weighted by molar-refractivity contribution is 6.29. The van der Waals surface area contributed by atoms with Gasteiger partial charge in [0.1, 0.15) is 23.3 Å². The first-order valence-corrected chi connectivity index (χ1v) is 6.54. The monoisotopic (exact) mass is 295 g/mol. The Bertz CT molecular complexity index is 586. The predicted octanol–water partition coefficient (Wildman–Crippen LogP) is 2.55. The van der Waals surface area contributed by atoms with Gasteiger partial charge in [-0.25, -0.2) is 9.78 Å². The van der Waals surface area contributed by atoms with Crippen molar-refractivity contribution < 1.29 is 13.9 Å². The number of hydrogen-bond acceptors (Lipinski definition) is 6. The number of aromatic nitrogens is 2. The number of nitrogens with one attached hydrogen (secondary N) is 1. The molecule has 2 aromatic rings. The highest BCUT2D eigenvalue weighted by Gasteiger charge is 2.11. The third-order valence-electron chi connectivity index (χ3n) is 2.46. The molecule has 0 aliphatic heterocycles. The van der Waals surface area contributed by atoms with Crippen LogP contribution in [0.4, 0.5) is 5.82 Å². The van der Waals surface area contributed by atoms with E-state index < -0.39 is 5.97 Å². The Balaban J connectivity index is 1.74. The van der Waals surface area contributed by atoms with E-state index in [0.717, 1.165) is 12.2 Å². The molecule has 2 rings (SSSR count). The van der Waals surface area contributed by atoms with E-state index >= 15 is 0 Å². The average molecular weight is 296 g/mol. The van der Waals surface area contributed by atoms with E-state index in [0.29, 0.717) is 17.5 Å². The van der Waals surface area contributed by atoms with Gasteiger partial charge in [-0.15, -0.1) is 0 Å². The van der Waals surface area contributed by atoms with Crippen molar-refractivity contribution in [1.82, 2.24) is 9.97 Å². The second-order valence-electron chi connectivity index (χ2n) is 3.91. The second kappa shape index (κ2) is 6.91. The number of nitrogens with zero attached hydrogens (tertiary/aromatic N) is 2. The van der Waals surface area contributed by atoms with Crippen molar-refractivity contribution in [3.05, 3.63) is 41.2 Å². The molecule has 0 aliphatic rings. The smallest absolute Gasteiger partial charge is 0.374 e. The summed E-state index contributed by atoms with van der Waals surface area (Å²) in [6.07, 6.45) is 3.71. The van der Waals surface area contributed by atoms with Crippen LogP contribution < -0.4 is 5.32 Å². The normalized spacial score (nSPS) is 10.3. The molecule has 0 fully saturated rings. The zero-order valence-electron chi connectivity index (χ0n) is 10.9. The summed E-state index contributed by atoms with van der Waals surface area (Å²) in [4.78, 5) is 19.5. The van der Waals surface area contributed by atoms with Gasteiger partial charge in [-0.3, -0.25) is 4.98 Å². The van der Waals surface area contributed by atoms with Crippen LogP contribution >= 0.6 is 11.6 Å². The highest BCUT2D eigenvalue weighted by atomic mass is 35.5. The van der Waals surface area contributed by atoms with Crippen molar-refractivity contribution in [3.63, 3.8) is 0 Å². The number of anilines is 1. The van der Waals surface area contributed by atoms with Gasteiger partial charge in [0.25, 0.3) is 0 Å². The molecule has 6 nitrogen and oxygen atoms in total. The minimum atomic E-state index is -0.483. The van der Waals surface area contributed by atoms with E-state index in [1.165, 1.54) is 12.4 Å². The molecular formula is C13H14ClN3O3. The molecule has 0 spiro atoms. The summed E-state index contributed by atoms with van der Waals surface area (Å²) < 4.78 is 10.4. The standard InChI is InChI=1S/C13H14ClN3O3/c1-2-9-3-4-10(20-9)13(18)19-6-5-16-12-8-15-7-11(14)17-12/h3-4,7-8H,2,5-6H2,1H3,(H,16,17). The van der Waals surface area contributed by atoms with Gasteiger partial charge >= 0.3 is 5.97 Å². The molecule has 2 heterocycles. The molecule has 7 heteroatoms. The molecule has 106 valence electrons. The third kappa shape index (κ3) is 3.96. The first kappa shape index (κ1) is 14.3. The highest BCUT2D eigenvalue weighted by Crippen LogP contribution is 2.10. The quantitative estimate of drug-likeness (QED) is 0.652. The van der Waals surface area contributed by atoms with Crippen molar-refractivity contribution in [1.29, 1.82) is 0 Å². The minimum absolute atomic E-state index is 0.190. The summed E-state index contributed by atoms with van der Waals surface area (Å²) in [5, 5.41) is 3.24. The summed E-state index contributed by atoms with van der Waals surface area (Å²) in [6, 6.07) is 3.37. The molecule has 0 amide bonds. The molecule has 0 saturated carbocycles. The fourth-order valence-corrected chi connectivity index (χ4v) is 1.65. The number of carbonyl (C=O) groups is 1. The predicted molar refractivity (Wildman–Crippen MR) is 73.9 cm³/mol. The van der Waals surface area contributed by atoms with E-state index in [2.05, 4.69) is 15.3 Å². The summed E-state index contributed by atoms with van der Waals surface area (Å²) >= 11 is 5.69. The van der Waals surface area contributed by atoms with Gasteiger partial charge in [0.05, 0.1) is 18.9 Å². The van der Waals surface area contributed by atoms with Crippen molar-refractivity contribution >= 4 is 23.4 Å².